The number of aryl methyl sites for hydroxylation is 1. The van der Waals surface area contributed by atoms with Crippen molar-refractivity contribution in [3.8, 4) is 0 Å². The summed E-state index contributed by atoms with van der Waals surface area (Å²) in [5, 5.41) is 3.04. The SMILES string of the molecule is CCCCN(c1ccc(F)cc1)c1nc(C)cc(NC)n1. The van der Waals surface area contributed by atoms with E-state index < -0.39 is 0 Å². The minimum Gasteiger partial charge on any atom is -0.373 e. The summed E-state index contributed by atoms with van der Waals surface area (Å²) in [4.78, 5) is 11.1. The first-order chi connectivity index (χ1) is 10.1. The monoisotopic (exact) mass is 288 g/mol. The summed E-state index contributed by atoms with van der Waals surface area (Å²) in [6, 6.07) is 8.34. The zero-order valence-corrected chi connectivity index (χ0v) is 12.7. The quantitative estimate of drug-likeness (QED) is 0.875. The lowest BCUT2D eigenvalue weighted by Gasteiger charge is -2.23. The molecule has 1 aromatic heterocycles. The Bertz CT molecular complexity index is 583. The lowest BCUT2D eigenvalue weighted by atomic mass is 10.2. The van der Waals surface area contributed by atoms with Crippen LogP contribution in [0.15, 0.2) is 30.3 Å². The van der Waals surface area contributed by atoms with Crippen molar-refractivity contribution >= 4 is 17.5 Å². The molecule has 2 rings (SSSR count). The number of hydrogen-bond acceptors (Lipinski definition) is 4. The summed E-state index contributed by atoms with van der Waals surface area (Å²) in [6.07, 6.45) is 2.09. The second-order valence-corrected chi connectivity index (χ2v) is 4.93. The Morgan fingerprint density at radius 3 is 2.52 bits per heavy atom. The molecular formula is C16H21FN4. The Hall–Kier alpha value is -2.17. The topological polar surface area (TPSA) is 41.1 Å². The fourth-order valence-corrected chi connectivity index (χ4v) is 2.08. The summed E-state index contributed by atoms with van der Waals surface area (Å²) in [5.41, 5.74) is 1.80. The minimum atomic E-state index is -0.240. The summed E-state index contributed by atoms with van der Waals surface area (Å²) < 4.78 is 13.1. The molecule has 0 radical (unpaired) electrons. The van der Waals surface area contributed by atoms with Crippen LogP contribution in [-0.4, -0.2) is 23.6 Å². The molecule has 0 saturated heterocycles. The van der Waals surface area contributed by atoms with E-state index in [0.717, 1.165) is 36.6 Å². The Labute approximate surface area is 125 Å². The van der Waals surface area contributed by atoms with Crippen molar-refractivity contribution in [3.05, 3.63) is 41.8 Å². The van der Waals surface area contributed by atoms with Crippen LogP contribution in [0.25, 0.3) is 0 Å². The number of nitrogens with one attached hydrogen (secondary N) is 1. The second kappa shape index (κ2) is 7.02. The van der Waals surface area contributed by atoms with Gasteiger partial charge in [-0.15, -0.1) is 0 Å². The molecule has 112 valence electrons. The van der Waals surface area contributed by atoms with Gasteiger partial charge in [0.05, 0.1) is 0 Å². The maximum absolute atomic E-state index is 13.1. The lowest BCUT2D eigenvalue weighted by Crippen LogP contribution is -2.21. The molecule has 0 spiro atoms. The number of nitrogens with zero attached hydrogens (tertiary/aromatic N) is 3. The average molecular weight is 288 g/mol. The Kier molecular flexibility index (Phi) is 5.09. The van der Waals surface area contributed by atoms with Gasteiger partial charge >= 0.3 is 0 Å². The van der Waals surface area contributed by atoms with Crippen molar-refractivity contribution in [2.75, 3.05) is 23.8 Å². The molecule has 0 amide bonds. The van der Waals surface area contributed by atoms with Crippen LogP contribution in [-0.2, 0) is 0 Å². The zero-order valence-electron chi connectivity index (χ0n) is 12.7. The highest BCUT2D eigenvalue weighted by molar-refractivity contribution is 5.58. The first-order valence-electron chi connectivity index (χ1n) is 7.20. The molecule has 0 aliphatic rings. The zero-order chi connectivity index (χ0) is 15.2. The molecule has 1 aromatic carbocycles. The van der Waals surface area contributed by atoms with Gasteiger partial charge in [-0.3, -0.25) is 0 Å². The van der Waals surface area contributed by atoms with Gasteiger partial charge in [0.15, 0.2) is 0 Å². The third-order valence-electron chi connectivity index (χ3n) is 3.21. The second-order valence-electron chi connectivity index (χ2n) is 4.93. The number of hydrogen-bond donors (Lipinski definition) is 1. The molecule has 5 heteroatoms. The summed E-state index contributed by atoms with van der Waals surface area (Å²) in [5.74, 6) is 1.18. The number of anilines is 3. The number of aromatic nitrogens is 2. The van der Waals surface area contributed by atoms with Crippen molar-refractivity contribution in [2.24, 2.45) is 0 Å². The number of benzene rings is 1. The normalized spacial score (nSPS) is 10.5. The van der Waals surface area contributed by atoms with Gasteiger partial charge in [0.2, 0.25) is 5.95 Å². The predicted molar refractivity (Wildman–Crippen MR) is 84.6 cm³/mol. The van der Waals surface area contributed by atoms with Crippen LogP contribution in [0.4, 0.5) is 21.8 Å². The maximum atomic E-state index is 13.1. The van der Waals surface area contributed by atoms with Crippen LogP contribution in [0.1, 0.15) is 25.5 Å². The summed E-state index contributed by atoms with van der Waals surface area (Å²) in [7, 11) is 1.83. The first-order valence-corrected chi connectivity index (χ1v) is 7.20. The predicted octanol–water partition coefficient (Wildman–Crippen LogP) is 3.90. The molecular weight excluding hydrogens is 267 g/mol. The van der Waals surface area contributed by atoms with Crippen LogP contribution >= 0.6 is 0 Å². The van der Waals surface area contributed by atoms with E-state index in [-0.39, 0.29) is 5.82 Å². The maximum Gasteiger partial charge on any atom is 0.232 e. The van der Waals surface area contributed by atoms with E-state index in [2.05, 4.69) is 22.2 Å². The van der Waals surface area contributed by atoms with Gasteiger partial charge in [0.25, 0.3) is 0 Å². The van der Waals surface area contributed by atoms with Crippen LogP contribution < -0.4 is 10.2 Å². The smallest absolute Gasteiger partial charge is 0.232 e. The van der Waals surface area contributed by atoms with E-state index in [0.29, 0.717) is 5.95 Å². The Balaban J connectivity index is 2.39. The Morgan fingerprint density at radius 1 is 1.19 bits per heavy atom. The van der Waals surface area contributed by atoms with Gasteiger partial charge < -0.3 is 10.2 Å². The molecule has 0 fully saturated rings. The molecule has 0 unspecified atom stereocenters. The number of rotatable bonds is 6. The fraction of sp³-hybridized carbons (Fsp3) is 0.375. The van der Waals surface area contributed by atoms with E-state index in [4.69, 9.17) is 0 Å². The van der Waals surface area contributed by atoms with Gasteiger partial charge in [0.1, 0.15) is 11.6 Å². The molecule has 4 nitrogen and oxygen atoms in total. The van der Waals surface area contributed by atoms with Crippen molar-refractivity contribution in [1.82, 2.24) is 9.97 Å². The highest BCUT2D eigenvalue weighted by atomic mass is 19.1. The molecule has 0 atom stereocenters. The minimum absolute atomic E-state index is 0.240. The summed E-state index contributed by atoms with van der Waals surface area (Å²) >= 11 is 0. The molecule has 21 heavy (non-hydrogen) atoms. The molecule has 1 heterocycles. The highest BCUT2D eigenvalue weighted by Crippen LogP contribution is 2.24. The average Bonchev–Trinajstić information content (AvgIpc) is 2.49. The van der Waals surface area contributed by atoms with E-state index in [1.54, 1.807) is 12.1 Å². The van der Waals surface area contributed by atoms with E-state index >= 15 is 0 Å². The van der Waals surface area contributed by atoms with Gasteiger partial charge in [-0.25, -0.2) is 9.37 Å². The Morgan fingerprint density at radius 2 is 1.90 bits per heavy atom. The van der Waals surface area contributed by atoms with Crippen LogP contribution in [0.5, 0.6) is 0 Å². The van der Waals surface area contributed by atoms with Crippen molar-refractivity contribution in [1.29, 1.82) is 0 Å². The molecule has 1 N–H and O–H groups in total. The third kappa shape index (κ3) is 3.90. The van der Waals surface area contributed by atoms with E-state index in [1.807, 2.05) is 24.9 Å². The fourth-order valence-electron chi connectivity index (χ4n) is 2.08. The van der Waals surface area contributed by atoms with Gasteiger partial charge in [-0.2, -0.15) is 4.98 Å². The molecule has 0 saturated carbocycles. The van der Waals surface area contributed by atoms with Gasteiger partial charge in [-0.1, -0.05) is 13.3 Å². The van der Waals surface area contributed by atoms with Gasteiger partial charge in [0, 0.05) is 31.0 Å². The van der Waals surface area contributed by atoms with Crippen molar-refractivity contribution < 1.29 is 4.39 Å². The number of halogens is 1. The van der Waals surface area contributed by atoms with Crippen molar-refractivity contribution in [3.63, 3.8) is 0 Å². The van der Waals surface area contributed by atoms with Gasteiger partial charge in [-0.05, 0) is 37.6 Å². The summed E-state index contributed by atoms with van der Waals surface area (Å²) in [6.45, 7) is 4.88. The molecule has 0 aliphatic heterocycles. The first kappa shape index (κ1) is 15.2. The molecule has 0 bridgehead atoms. The third-order valence-corrected chi connectivity index (χ3v) is 3.21. The largest absolute Gasteiger partial charge is 0.373 e. The van der Waals surface area contributed by atoms with Crippen LogP contribution in [0.2, 0.25) is 0 Å². The lowest BCUT2D eigenvalue weighted by molar-refractivity contribution is 0.627. The standard InChI is InChI=1S/C16H21FN4/c1-4-5-10-21(14-8-6-13(17)7-9-14)16-19-12(2)11-15(18-3)20-16/h6-9,11H,4-5,10H2,1-3H3,(H,18,19,20). The number of unbranched alkanes of at least 4 members (excludes halogenated alkanes) is 1. The van der Waals surface area contributed by atoms with E-state index in [9.17, 15) is 4.39 Å². The van der Waals surface area contributed by atoms with Crippen molar-refractivity contribution in [2.45, 2.75) is 26.7 Å². The molecule has 0 aliphatic carbocycles. The van der Waals surface area contributed by atoms with Crippen LogP contribution in [0.3, 0.4) is 0 Å². The highest BCUT2D eigenvalue weighted by Gasteiger charge is 2.13. The van der Waals surface area contributed by atoms with E-state index in [1.165, 1.54) is 12.1 Å². The van der Waals surface area contributed by atoms with Crippen LogP contribution in [0, 0.1) is 12.7 Å². The molecule has 2 aromatic rings.